The largest absolute Gasteiger partial charge is 0.415 e. The molecule has 39 heavy (non-hydrogen) atoms. The van der Waals surface area contributed by atoms with Crippen LogP contribution in [-0.4, -0.2) is 48.6 Å². The van der Waals surface area contributed by atoms with Crippen LogP contribution in [0.15, 0.2) is 41.8 Å². The maximum atomic E-state index is 14.1. The second-order valence-corrected chi connectivity index (χ2v) is 25.5. The van der Waals surface area contributed by atoms with Gasteiger partial charge in [0, 0.05) is 12.6 Å². The average molecular weight is 598 g/mol. The van der Waals surface area contributed by atoms with Crippen molar-refractivity contribution in [2.24, 2.45) is 0 Å². The monoisotopic (exact) mass is 597 g/mol. The van der Waals surface area contributed by atoms with Gasteiger partial charge in [0.2, 0.25) is 10.0 Å². The highest BCUT2D eigenvalue weighted by atomic mass is 32.2. The van der Waals surface area contributed by atoms with Crippen LogP contribution in [0.5, 0.6) is 0 Å². The van der Waals surface area contributed by atoms with Crippen LogP contribution in [0.1, 0.15) is 92.6 Å². The quantitative estimate of drug-likeness (QED) is 0.102. The van der Waals surface area contributed by atoms with E-state index in [9.17, 15) is 8.42 Å². The van der Waals surface area contributed by atoms with Crippen LogP contribution < -0.4 is 0 Å². The fourth-order valence-electron chi connectivity index (χ4n) is 3.72. The third-order valence-corrected chi connectivity index (χ3v) is 19.7. The lowest BCUT2D eigenvalue weighted by Gasteiger charge is -2.39. The summed E-state index contributed by atoms with van der Waals surface area (Å²) in [6.07, 6.45) is 7.29. The Morgan fingerprint density at radius 2 is 1.44 bits per heavy atom. The second kappa shape index (κ2) is 14.9. The minimum absolute atomic E-state index is 0.0624. The first-order chi connectivity index (χ1) is 17.8. The van der Waals surface area contributed by atoms with Gasteiger partial charge in [-0.1, -0.05) is 79.5 Å². The van der Waals surface area contributed by atoms with E-state index < -0.39 is 26.7 Å². The van der Waals surface area contributed by atoms with Crippen LogP contribution in [0.3, 0.4) is 0 Å². The zero-order valence-electron chi connectivity index (χ0n) is 27.0. The zero-order valence-corrected chi connectivity index (χ0v) is 29.8. The van der Waals surface area contributed by atoms with Gasteiger partial charge in [-0.3, -0.25) is 0 Å². The summed E-state index contributed by atoms with van der Waals surface area (Å²) in [4.78, 5) is 0.344. The van der Waals surface area contributed by atoms with Gasteiger partial charge in [0.25, 0.3) is 0 Å². The molecular formula is C31H59NO4SSi2. The van der Waals surface area contributed by atoms with Gasteiger partial charge in [-0.2, -0.15) is 4.31 Å². The Kier molecular flexibility index (Phi) is 13.9. The topological polar surface area (TPSA) is 55.8 Å². The Balaban J connectivity index is 3.28. The Hall–Kier alpha value is -0.776. The lowest BCUT2D eigenvalue weighted by molar-refractivity contribution is 0.179. The number of allylic oxidation sites excluding steroid dienone is 1. The first-order valence-corrected chi connectivity index (χ1v) is 22.1. The number of rotatable bonds is 17. The van der Waals surface area contributed by atoms with Crippen molar-refractivity contribution in [2.75, 3.05) is 13.2 Å². The molecule has 0 aromatic heterocycles. The highest BCUT2D eigenvalue weighted by molar-refractivity contribution is 7.89. The maximum Gasteiger partial charge on any atom is 0.243 e. The van der Waals surface area contributed by atoms with Gasteiger partial charge in [0.15, 0.2) is 16.6 Å². The van der Waals surface area contributed by atoms with Crippen LogP contribution in [0.25, 0.3) is 0 Å². The van der Waals surface area contributed by atoms with Crippen molar-refractivity contribution in [1.82, 2.24) is 4.31 Å². The third kappa shape index (κ3) is 10.9. The standard InChI is InChI=1S/C31H59NO4SSi2/c1-13-15-17-19-28(26-36-39(11,12)31(6,7)8)32(24-18-16-14-2)37(33,34)29-22-20-27(21-23-29)25-35-38(9,10)30(3,4)5/h13,20-23,28H,1,14-19,24-26H2,2-12H3/t28-/m0/s1. The minimum Gasteiger partial charge on any atom is -0.415 e. The van der Waals surface area contributed by atoms with Crippen molar-refractivity contribution >= 4 is 26.7 Å². The molecule has 0 bridgehead atoms. The van der Waals surface area contributed by atoms with Crippen molar-refractivity contribution < 1.29 is 17.3 Å². The highest BCUT2D eigenvalue weighted by Gasteiger charge is 2.40. The van der Waals surface area contributed by atoms with E-state index in [1.54, 1.807) is 16.4 Å². The molecule has 0 amide bonds. The molecule has 0 heterocycles. The molecule has 1 rings (SSSR count). The van der Waals surface area contributed by atoms with Crippen LogP contribution in [-0.2, 0) is 25.5 Å². The normalized spacial score (nSPS) is 14.6. The Bertz CT molecular complexity index is 977. The number of benzene rings is 1. The first-order valence-electron chi connectivity index (χ1n) is 14.8. The lowest BCUT2D eigenvalue weighted by Crippen LogP contribution is -2.48. The van der Waals surface area contributed by atoms with Crippen LogP contribution in [0.4, 0.5) is 0 Å². The van der Waals surface area contributed by atoms with E-state index in [0.717, 1.165) is 44.1 Å². The highest BCUT2D eigenvalue weighted by Crippen LogP contribution is 2.38. The Morgan fingerprint density at radius 3 is 1.92 bits per heavy atom. The average Bonchev–Trinajstić information content (AvgIpc) is 2.82. The van der Waals surface area contributed by atoms with E-state index in [2.05, 4.69) is 81.2 Å². The molecule has 0 aliphatic carbocycles. The summed E-state index contributed by atoms with van der Waals surface area (Å²) in [6.45, 7) is 29.7. The molecule has 1 atom stereocenters. The van der Waals surface area contributed by atoms with Gasteiger partial charge in [0.05, 0.1) is 18.1 Å². The van der Waals surface area contributed by atoms with E-state index in [1.807, 2.05) is 18.2 Å². The molecule has 0 aliphatic heterocycles. The van der Waals surface area contributed by atoms with Crippen LogP contribution in [0, 0.1) is 0 Å². The second-order valence-electron chi connectivity index (χ2n) is 14.0. The summed E-state index contributed by atoms with van der Waals surface area (Å²) in [5, 5.41) is 0.190. The molecule has 1 aromatic rings. The molecule has 0 N–H and O–H groups in total. The SMILES string of the molecule is C=CCCC[C@@H](CO[Si](C)(C)C(C)(C)C)N(CCCCC)S(=O)(=O)c1ccc(CO[Si](C)(C)C(C)(C)C)cc1. The van der Waals surface area contributed by atoms with Crippen LogP contribution in [0.2, 0.25) is 36.3 Å². The van der Waals surface area contributed by atoms with E-state index in [-0.39, 0.29) is 16.1 Å². The summed E-state index contributed by atoms with van der Waals surface area (Å²) in [5.74, 6) is 0. The lowest BCUT2D eigenvalue weighted by atomic mass is 10.1. The van der Waals surface area contributed by atoms with E-state index in [0.29, 0.717) is 24.7 Å². The minimum atomic E-state index is -3.69. The molecule has 0 aliphatic rings. The van der Waals surface area contributed by atoms with Gasteiger partial charge in [0.1, 0.15) is 0 Å². The number of sulfonamides is 1. The number of nitrogens with zero attached hydrogens (tertiary/aromatic N) is 1. The summed E-state index contributed by atoms with van der Waals surface area (Å²) in [5.41, 5.74) is 1.00. The van der Waals surface area contributed by atoms with Gasteiger partial charge in [-0.05, 0) is 79.6 Å². The maximum absolute atomic E-state index is 14.1. The fourth-order valence-corrected chi connectivity index (χ4v) is 7.40. The van der Waals surface area contributed by atoms with Crippen molar-refractivity contribution in [3.8, 4) is 0 Å². The molecule has 0 unspecified atom stereocenters. The predicted molar refractivity (Wildman–Crippen MR) is 173 cm³/mol. The fraction of sp³-hybridized carbons (Fsp3) is 0.742. The molecule has 226 valence electrons. The number of hydrogen-bond acceptors (Lipinski definition) is 4. The Labute approximate surface area is 244 Å². The summed E-state index contributed by atoms with van der Waals surface area (Å²) < 4.78 is 42.9. The molecule has 0 saturated carbocycles. The van der Waals surface area contributed by atoms with Gasteiger partial charge in [-0.25, -0.2) is 8.42 Å². The molecule has 0 fully saturated rings. The molecule has 0 radical (unpaired) electrons. The summed E-state index contributed by atoms with van der Waals surface area (Å²) in [6, 6.07) is 7.11. The molecule has 0 spiro atoms. The molecular weight excluding hydrogens is 539 g/mol. The first kappa shape index (κ1) is 36.2. The molecule has 8 heteroatoms. The van der Waals surface area contributed by atoms with Gasteiger partial charge in [-0.15, -0.1) is 6.58 Å². The van der Waals surface area contributed by atoms with Crippen molar-refractivity contribution in [3.05, 3.63) is 42.5 Å². The third-order valence-electron chi connectivity index (χ3n) is 8.71. The van der Waals surface area contributed by atoms with Gasteiger partial charge < -0.3 is 8.85 Å². The molecule has 1 aromatic carbocycles. The van der Waals surface area contributed by atoms with Crippen molar-refractivity contribution in [3.63, 3.8) is 0 Å². The van der Waals surface area contributed by atoms with Crippen molar-refractivity contribution in [1.29, 1.82) is 0 Å². The Morgan fingerprint density at radius 1 is 0.897 bits per heavy atom. The van der Waals surface area contributed by atoms with Crippen LogP contribution >= 0.6 is 0 Å². The smallest absolute Gasteiger partial charge is 0.243 e. The number of hydrogen-bond donors (Lipinski definition) is 0. The summed E-state index contributed by atoms with van der Waals surface area (Å²) in [7, 11) is -7.62. The molecule has 5 nitrogen and oxygen atoms in total. The predicted octanol–water partition coefficient (Wildman–Crippen LogP) is 9.14. The van der Waals surface area contributed by atoms with E-state index >= 15 is 0 Å². The molecule has 0 saturated heterocycles. The van der Waals surface area contributed by atoms with Gasteiger partial charge >= 0.3 is 0 Å². The van der Waals surface area contributed by atoms with E-state index in [4.69, 9.17) is 8.85 Å². The van der Waals surface area contributed by atoms with Crippen molar-refractivity contribution in [2.45, 2.75) is 141 Å². The summed E-state index contributed by atoms with van der Waals surface area (Å²) >= 11 is 0. The number of unbranched alkanes of at least 4 members (excludes halogenated alkanes) is 3. The van der Waals surface area contributed by atoms with E-state index in [1.165, 1.54) is 0 Å². The zero-order chi connectivity index (χ0) is 30.1.